The molecule has 0 heterocycles. The number of carboxylic acids is 1. The summed E-state index contributed by atoms with van der Waals surface area (Å²) in [6.45, 7) is 4.70. The number of esters is 1. The smallest absolute Gasteiger partial charge is 0.326 e. The molecule has 2 atom stereocenters. The standard InChI is InChI=1S/C45H72N2O5/c1-3-5-7-9-11-12-13-14-15-16-17-18-19-20-21-22-23-24-25-27-33-39-44(49)52-41(35-30-26-10-8-6-4-2)36-31-28-29-32-38-43(48)47-42(45(50)51)37-34-40-46/h5,7-8,10-12,14-15,17-18,20-21,23-24,30,35,41-42H,3-4,6,9,13,16,19,22,25-29,31-34,36-40,46H2,1-2H3,(H,47,48)(H,50,51)/b7-5-,10-8-,12-11-,15-14-,18-17-,21-20-,24-23-,35-30-. The minimum Gasteiger partial charge on any atom is -0.480 e. The summed E-state index contributed by atoms with van der Waals surface area (Å²) in [4.78, 5) is 36.2. The van der Waals surface area contributed by atoms with E-state index in [1.165, 1.54) is 0 Å². The number of hydrogen-bond donors (Lipinski definition) is 3. The lowest BCUT2D eigenvalue weighted by Crippen LogP contribution is -2.40. The molecule has 0 fully saturated rings. The SMILES string of the molecule is CC/C=C\C/C=C\C/C=C\C/C=C\C/C=C\C/C=C\CCCCC(=O)OC(/C=C\C/C=C\CCC)CCCCCCC(=O)NC(CCCN)C(=O)O. The van der Waals surface area contributed by atoms with Crippen molar-refractivity contribution < 1.29 is 24.2 Å². The van der Waals surface area contributed by atoms with Crippen molar-refractivity contribution in [3.05, 3.63) is 97.2 Å². The highest BCUT2D eigenvalue weighted by Crippen LogP contribution is 2.14. The van der Waals surface area contributed by atoms with Gasteiger partial charge in [0.15, 0.2) is 0 Å². The van der Waals surface area contributed by atoms with Crippen LogP contribution in [0.25, 0.3) is 0 Å². The van der Waals surface area contributed by atoms with Crippen LogP contribution in [-0.2, 0) is 19.1 Å². The molecule has 0 aliphatic carbocycles. The van der Waals surface area contributed by atoms with Crippen LogP contribution in [-0.4, -0.2) is 41.6 Å². The van der Waals surface area contributed by atoms with Gasteiger partial charge in [0.1, 0.15) is 12.1 Å². The molecule has 4 N–H and O–H groups in total. The van der Waals surface area contributed by atoms with E-state index in [0.29, 0.717) is 38.6 Å². The Balaban J connectivity index is 4.29. The summed E-state index contributed by atoms with van der Waals surface area (Å²) in [5.41, 5.74) is 5.47. The highest BCUT2D eigenvalue weighted by atomic mass is 16.5. The number of carbonyl (C=O) groups excluding carboxylic acids is 2. The molecule has 52 heavy (non-hydrogen) atoms. The molecule has 0 aromatic heterocycles. The molecular weight excluding hydrogens is 649 g/mol. The van der Waals surface area contributed by atoms with Gasteiger partial charge in [0.05, 0.1) is 0 Å². The van der Waals surface area contributed by atoms with Crippen LogP contribution in [0.1, 0.15) is 149 Å². The van der Waals surface area contributed by atoms with Gasteiger partial charge in [-0.25, -0.2) is 4.79 Å². The third-order valence-corrected chi connectivity index (χ3v) is 8.10. The molecule has 0 bridgehead atoms. The van der Waals surface area contributed by atoms with Crippen LogP contribution in [0.2, 0.25) is 0 Å². The summed E-state index contributed by atoms with van der Waals surface area (Å²) in [5.74, 6) is -1.42. The summed E-state index contributed by atoms with van der Waals surface area (Å²) in [7, 11) is 0. The predicted octanol–water partition coefficient (Wildman–Crippen LogP) is 11.1. The number of rotatable bonds is 34. The molecule has 0 aromatic carbocycles. The first-order chi connectivity index (χ1) is 25.4. The lowest BCUT2D eigenvalue weighted by atomic mass is 10.1. The van der Waals surface area contributed by atoms with Gasteiger partial charge < -0.3 is 20.9 Å². The zero-order valence-corrected chi connectivity index (χ0v) is 32.6. The first-order valence-corrected chi connectivity index (χ1v) is 20.1. The maximum atomic E-state index is 12.6. The van der Waals surface area contributed by atoms with Crippen LogP contribution < -0.4 is 11.1 Å². The van der Waals surface area contributed by atoms with Gasteiger partial charge in [0.2, 0.25) is 5.91 Å². The Morgan fingerprint density at radius 3 is 1.67 bits per heavy atom. The van der Waals surface area contributed by atoms with E-state index < -0.39 is 12.0 Å². The van der Waals surface area contributed by atoms with E-state index in [1.807, 2.05) is 6.08 Å². The molecule has 2 unspecified atom stereocenters. The number of unbranched alkanes of at least 4 members (excludes halogenated alkanes) is 6. The third kappa shape index (κ3) is 34.7. The van der Waals surface area contributed by atoms with E-state index in [0.717, 1.165) is 103 Å². The lowest BCUT2D eigenvalue weighted by Gasteiger charge is -2.15. The Bertz CT molecular complexity index is 1130. The molecule has 0 saturated carbocycles. The van der Waals surface area contributed by atoms with Gasteiger partial charge in [0, 0.05) is 12.8 Å². The zero-order valence-electron chi connectivity index (χ0n) is 32.6. The molecule has 0 aliphatic rings. The topological polar surface area (TPSA) is 119 Å². The molecule has 7 heteroatoms. The average Bonchev–Trinajstić information content (AvgIpc) is 3.13. The summed E-state index contributed by atoms with van der Waals surface area (Å²) < 4.78 is 5.85. The van der Waals surface area contributed by atoms with Gasteiger partial charge in [-0.1, -0.05) is 124 Å². The summed E-state index contributed by atoms with van der Waals surface area (Å²) in [6, 6.07) is -0.883. The van der Waals surface area contributed by atoms with E-state index >= 15 is 0 Å². The van der Waals surface area contributed by atoms with Gasteiger partial charge in [-0.3, -0.25) is 9.59 Å². The quantitative estimate of drug-likeness (QED) is 0.0346. The van der Waals surface area contributed by atoms with Gasteiger partial charge in [-0.05, 0) is 115 Å². The van der Waals surface area contributed by atoms with E-state index in [1.54, 1.807) is 0 Å². The molecule has 292 valence electrons. The van der Waals surface area contributed by atoms with E-state index in [4.69, 9.17) is 10.5 Å². The second kappa shape index (κ2) is 38.5. The van der Waals surface area contributed by atoms with Gasteiger partial charge in [-0.15, -0.1) is 0 Å². The van der Waals surface area contributed by atoms with Crippen LogP contribution in [0.15, 0.2) is 97.2 Å². The number of hydrogen-bond acceptors (Lipinski definition) is 5. The van der Waals surface area contributed by atoms with Crippen molar-refractivity contribution in [2.24, 2.45) is 5.73 Å². The van der Waals surface area contributed by atoms with Crippen molar-refractivity contribution in [2.75, 3.05) is 6.54 Å². The molecule has 0 rings (SSSR count). The fraction of sp³-hybridized carbons (Fsp3) is 0.578. The van der Waals surface area contributed by atoms with Crippen LogP contribution in [0.4, 0.5) is 0 Å². The predicted molar refractivity (Wildman–Crippen MR) is 220 cm³/mol. The minimum absolute atomic E-state index is 0.154. The summed E-state index contributed by atoms with van der Waals surface area (Å²) in [6.07, 6.45) is 51.9. The minimum atomic E-state index is -1.03. The molecular formula is C45H72N2O5. The monoisotopic (exact) mass is 721 g/mol. The van der Waals surface area contributed by atoms with Gasteiger partial charge in [-0.2, -0.15) is 0 Å². The number of amides is 1. The van der Waals surface area contributed by atoms with Crippen LogP contribution in [0.5, 0.6) is 0 Å². The van der Waals surface area contributed by atoms with Crippen molar-refractivity contribution in [1.82, 2.24) is 5.32 Å². The Labute approximate surface area is 317 Å². The van der Waals surface area contributed by atoms with Gasteiger partial charge in [0.25, 0.3) is 0 Å². The van der Waals surface area contributed by atoms with Crippen molar-refractivity contribution in [3.8, 4) is 0 Å². The molecule has 7 nitrogen and oxygen atoms in total. The van der Waals surface area contributed by atoms with Crippen LogP contribution in [0.3, 0.4) is 0 Å². The number of ether oxygens (including phenoxy) is 1. The second-order valence-electron chi connectivity index (χ2n) is 13.0. The maximum absolute atomic E-state index is 12.6. The first-order valence-electron chi connectivity index (χ1n) is 20.1. The molecule has 0 spiro atoms. The van der Waals surface area contributed by atoms with Crippen LogP contribution in [0, 0.1) is 0 Å². The number of aliphatic carboxylic acids is 1. The molecule has 0 saturated heterocycles. The Kier molecular flexibility index (Phi) is 35.8. The largest absolute Gasteiger partial charge is 0.480 e. The average molecular weight is 721 g/mol. The van der Waals surface area contributed by atoms with E-state index in [9.17, 15) is 19.5 Å². The molecule has 0 radical (unpaired) electrons. The maximum Gasteiger partial charge on any atom is 0.326 e. The lowest BCUT2D eigenvalue weighted by molar-refractivity contribution is -0.147. The third-order valence-electron chi connectivity index (χ3n) is 8.10. The number of nitrogens with two attached hydrogens (primary N) is 1. The Morgan fingerprint density at radius 2 is 1.12 bits per heavy atom. The van der Waals surface area contributed by atoms with E-state index in [2.05, 4.69) is 110 Å². The number of nitrogens with one attached hydrogen (secondary N) is 1. The fourth-order valence-electron chi connectivity index (χ4n) is 5.11. The zero-order chi connectivity index (χ0) is 38.2. The summed E-state index contributed by atoms with van der Waals surface area (Å²) >= 11 is 0. The summed E-state index contributed by atoms with van der Waals surface area (Å²) in [5, 5.41) is 11.9. The molecule has 0 aliphatic heterocycles. The fourth-order valence-corrected chi connectivity index (χ4v) is 5.11. The van der Waals surface area contributed by atoms with Crippen molar-refractivity contribution >= 4 is 17.8 Å². The molecule has 1 amide bonds. The normalized spacial score (nSPS) is 13.8. The van der Waals surface area contributed by atoms with E-state index in [-0.39, 0.29) is 18.0 Å². The number of carboxylic acid groups (broad SMARTS) is 1. The first kappa shape index (κ1) is 48.3. The molecule has 0 aromatic rings. The highest BCUT2D eigenvalue weighted by Gasteiger charge is 2.18. The highest BCUT2D eigenvalue weighted by molar-refractivity contribution is 5.83. The second-order valence-corrected chi connectivity index (χ2v) is 13.0. The van der Waals surface area contributed by atoms with Crippen molar-refractivity contribution in [3.63, 3.8) is 0 Å². The number of carbonyl (C=O) groups is 3. The van der Waals surface area contributed by atoms with Crippen LogP contribution >= 0.6 is 0 Å². The van der Waals surface area contributed by atoms with Gasteiger partial charge >= 0.3 is 11.9 Å². The van der Waals surface area contributed by atoms with Crippen molar-refractivity contribution in [1.29, 1.82) is 0 Å². The van der Waals surface area contributed by atoms with Crippen molar-refractivity contribution in [2.45, 2.75) is 161 Å². The number of allylic oxidation sites excluding steroid dienone is 15. The Hall–Kier alpha value is -3.71. The Morgan fingerprint density at radius 1 is 0.596 bits per heavy atom.